The highest BCUT2D eigenvalue weighted by molar-refractivity contribution is 5.67. The van der Waals surface area contributed by atoms with Gasteiger partial charge in [0.25, 0.3) is 0 Å². The molecule has 2 rings (SSSR count). The lowest BCUT2D eigenvalue weighted by Crippen LogP contribution is -2.06. The zero-order valence-electron chi connectivity index (χ0n) is 19.2. The van der Waals surface area contributed by atoms with E-state index in [0.29, 0.717) is 37.3 Å². The minimum absolute atomic E-state index is 0.0119. The smallest absolute Gasteiger partial charge is 0.303 e. The first-order valence-electron chi connectivity index (χ1n) is 11.3. The van der Waals surface area contributed by atoms with Crippen LogP contribution < -0.4 is 9.47 Å². The van der Waals surface area contributed by atoms with E-state index in [4.69, 9.17) is 19.7 Å². The number of carboxylic acid groups (broad SMARTS) is 2. The van der Waals surface area contributed by atoms with Crippen LogP contribution in [0.25, 0.3) is 6.08 Å². The lowest BCUT2D eigenvalue weighted by Gasteiger charge is -2.12. The molecular formula is C26H33NO6. The Morgan fingerprint density at radius 1 is 0.909 bits per heavy atom. The number of allylic oxidation sites excluding steroid dienone is 1. The highest BCUT2D eigenvalue weighted by atomic mass is 16.5. The predicted molar refractivity (Wildman–Crippen MR) is 127 cm³/mol. The Hall–Kier alpha value is -3.35. The summed E-state index contributed by atoms with van der Waals surface area (Å²) in [6, 6.07) is 11.6. The minimum Gasteiger partial charge on any atom is -0.497 e. The maximum Gasteiger partial charge on any atom is 0.303 e. The normalized spacial score (nSPS) is 10.9. The Kier molecular flexibility index (Phi) is 11.5. The summed E-state index contributed by atoms with van der Waals surface area (Å²) in [6.07, 6.45) is 9.43. The SMILES string of the molecule is COc1ccc(/C=C/CCCCOc2ccc(CCCCC(=O)O)nc2CCC(=O)O)cc1. The summed E-state index contributed by atoms with van der Waals surface area (Å²) < 4.78 is 11.1. The summed E-state index contributed by atoms with van der Waals surface area (Å²) in [7, 11) is 1.65. The third kappa shape index (κ3) is 10.7. The number of rotatable bonds is 16. The largest absolute Gasteiger partial charge is 0.497 e. The number of benzene rings is 1. The van der Waals surface area contributed by atoms with Crippen LogP contribution >= 0.6 is 0 Å². The fourth-order valence-electron chi connectivity index (χ4n) is 3.27. The van der Waals surface area contributed by atoms with Crippen molar-refractivity contribution in [2.24, 2.45) is 0 Å². The van der Waals surface area contributed by atoms with Crippen molar-refractivity contribution in [3.63, 3.8) is 0 Å². The van der Waals surface area contributed by atoms with Gasteiger partial charge >= 0.3 is 11.9 Å². The molecule has 2 N–H and O–H groups in total. The highest BCUT2D eigenvalue weighted by Crippen LogP contribution is 2.21. The molecule has 0 spiro atoms. The van der Waals surface area contributed by atoms with Gasteiger partial charge in [0.05, 0.1) is 25.8 Å². The Morgan fingerprint density at radius 2 is 1.67 bits per heavy atom. The third-order valence-electron chi connectivity index (χ3n) is 5.09. The molecule has 0 saturated heterocycles. The molecule has 7 heteroatoms. The molecular weight excluding hydrogens is 422 g/mol. The number of carboxylic acids is 2. The number of methoxy groups -OCH3 is 1. The van der Waals surface area contributed by atoms with E-state index in [1.54, 1.807) is 7.11 Å². The van der Waals surface area contributed by atoms with Crippen molar-refractivity contribution in [1.29, 1.82) is 0 Å². The molecule has 1 aromatic carbocycles. The summed E-state index contributed by atoms with van der Waals surface area (Å²) in [5, 5.41) is 17.8. The van der Waals surface area contributed by atoms with E-state index in [0.717, 1.165) is 42.7 Å². The number of pyridine rings is 1. The summed E-state index contributed by atoms with van der Waals surface area (Å²) in [5.74, 6) is -0.213. The zero-order valence-corrected chi connectivity index (χ0v) is 19.2. The molecule has 0 amide bonds. The number of hydrogen-bond donors (Lipinski definition) is 2. The van der Waals surface area contributed by atoms with Gasteiger partial charge in [0.15, 0.2) is 0 Å². The first-order valence-corrected chi connectivity index (χ1v) is 11.3. The van der Waals surface area contributed by atoms with Gasteiger partial charge in [-0.25, -0.2) is 0 Å². The monoisotopic (exact) mass is 455 g/mol. The topological polar surface area (TPSA) is 106 Å². The molecule has 0 aliphatic carbocycles. The van der Waals surface area contributed by atoms with E-state index < -0.39 is 11.9 Å². The number of nitrogens with zero attached hydrogens (tertiary/aromatic N) is 1. The summed E-state index contributed by atoms with van der Waals surface area (Å²) in [5.41, 5.74) is 2.61. The minimum atomic E-state index is -0.877. The van der Waals surface area contributed by atoms with Gasteiger partial charge in [0, 0.05) is 18.5 Å². The van der Waals surface area contributed by atoms with Crippen molar-refractivity contribution >= 4 is 18.0 Å². The molecule has 0 radical (unpaired) electrons. The second-order valence-electron chi connectivity index (χ2n) is 7.76. The maximum absolute atomic E-state index is 11.0. The van der Waals surface area contributed by atoms with Gasteiger partial charge in [-0.1, -0.05) is 24.3 Å². The molecule has 1 aromatic heterocycles. The van der Waals surface area contributed by atoms with Crippen LogP contribution in [0.3, 0.4) is 0 Å². The second kappa shape index (κ2) is 14.7. The molecule has 0 fully saturated rings. The Balaban J connectivity index is 1.78. The van der Waals surface area contributed by atoms with Crippen LogP contribution in [0.1, 0.15) is 61.9 Å². The number of hydrogen-bond acceptors (Lipinski definition) is 5. The van der Waals surface area contributed by atoms with Crippen LogP contribution in [0.5, 0.6) is 11.5 Å². The van der Waals surface area contributed by atoms with Gasteiger partial charge in [-0.2, -0.15) is 0 Å². The van der Waals surface area contributed by atoms with E-state index in [-0.39, 0.29) is 12.8 Å². The number of unbranched alkanes of at least 4 members (excludes halogenated alkanes) is 3. The molecule has 1 heterocycles. The standard InChI is InChI=1S/C26H33NO6/c1-32-22-14-11-20(12-15-22)8-4-2-3-7-19-33-24-17-13-21(9-5-6-10-25(28)29)27-23(24)16-18-26(30)31/h4,8,11-15,17H,2-3,5-7,9-10,16,18-19H2,1H3,(H,28,29)(H,30,31)/b8-4+. The van der Waals surface area contributed by atoms with Crippen LogP contribution in [-0.4, -0.2) is 40.9 Å². The molecule has 178 valence electrons. The molecule has 0 saturated carbocycles. The van der Waals surface area contributed by atoms with Crippen LogP contribution in [-0.2, 0) is 22.4 Å². The lowest BCUT2D eigenvalue weighted by molar-refractivity contribution is -0.138. The molecule has 0 unspecified atom stereocenters. The van der Waals surface area contributed by atoms with Gasteiger partial charge in [0.2, 0.25) is 0 Å². The average molecular weight is 456 g/mol. The molecule has 33 heavy (non-hydrogen) atoms. The van der Waals surface area contributed by atoms with Crippen molar-refractivity contribution in [1.82, 2.24) is 4.98 Å². The molecule has 2 aromatic rings. The Labute approximate surface area is 195 Å². The maximum atomic E-state index is 11.0. The van der Waals surface area contributed by atoms with Crippen molar-refractivity contribution in [3.05, 3.63) is 59.4 Å². The number of carbonyl (C=O) groups is 2. The quantitative estimate of drug-likeness (QED) is 0.336. The highest BCUT2D eigenvalue weighted by Gasteiger charge is 2.10. The number of ether oxygens (including phenoxy) is 2. The second-order valence-corrected chi connectivity index (χ2v) is 7.76. The van der Waals surface area contributed by atoms with E-state index in [9.17, 15) is 9.59 Å². The zero-order chi connectivity index (χ0) is 23.9. The van der Waals surface area contributed by atoms with Crippen LogP contribution in [0, 0.1) is 0 Å². The van der Waals surface area contributed by atoms with E-state index in [1.165, 1.54) is 0 Å². The van der Waals surface area contributed by atoms with Crippen molar-refractivity contribution < 1.29 is 29.3 Å². The molecule has 0 atom stereocenters. The lowest BCUT2D eigenvalue weighted by atomic mass is 10.1. The number of aryl methyl sites for hydroxylation is 2. The summed E-state index contributed by atoms with van der Waals surface area (Å²) in [6.45, 7) is 0.538. The predicted octanol–water partition coefficient (Wildman–Crippen LogP) is 5.17. The fourth-order valence-corrected chi connectivity index (χ4v) is 3.27. The average Bonchev–Trinajstić information content (AvgIpc) is 2.81. The van der Waals surface area contributed by atoms with E-state index >= 15 is 0 Å². The Bertz CT molecular complexity index is 907. The van der Waals surface area contributed by atoms with Gasteiger partial charge in [-0.15, -0.1) is 0 Å². The van der Waals surface area contributed by atoms with Crippen LogP contribution in [0.15, 0.2) is 42.5 Å². The third-order valence-corrected chi connectivity index (χ3v) is 5.09. The molecule has 0 aliphatic rings. The first kappa shape index (κ1) is 25.9. The first-order chi connectivity index (χ1) is 16.0. The van der Waals surface area contributed by atoms with E-state index in [1.807, 2.05) is 36.4 Å². The van der Waals surface area contributed by atoms with Gasteiger partial charge < -0.3 is 19.7 Å². The molecule has 7 nitrogen and oxygen atoms in total. The van der Waals surface area contributed by atoms with E-state index in [2.05, 4.69) is 17.1 Å². The van der Waals surface area contributed by atoms with Gasteiger partial charge in [-0.3, -0.25) is 14.6 Å². The van der Waals surface area contributed by atoms with Gasteiger partial charge in [0.1, 0.15) is 11.5 Å². The Morgan fingerprint density at radius 3 is 2.36 bits per heavy atom. The summed E-state index contributed by atoms with van der Waals surface area (Å²) >= 11 is 0. The van der Waals surface area contributed by atoms with Crippen molar-refractivity contribution in [3.8, 4) is 11.5 Å². The van der Waals surface area contributed by atoms with Crippen LogP contribution in [0.2, 0.25) is 0 Å². The van der Waals surface area contributed by atoms with Crippen LogP contribution in [0.4, 0.5) is 0 Å². The summed E-state index contributed by atoms with van der Waals surface area (Å²) in [4.78, 5) is 26.2. The van der Waals surface area contributed by atoms with Crippen molar-refractivity contribution in [2.45, 2.75) is 57.8 Å². The molecule has 0 aliphatic heterocycles. The van der Waals surface area contributed by atoms with Gasteiger partial charge in [-0.05, 0) is 68.4 Å². The molecule has 0 bridgehead atoms. The number of aromatic nitrogens is 1. The number of aliphatic carboxylic acids is 2. The fraction of sp³-hybridized carbons (Fsp3) is 0.423. The van der Waals surface area contributed by atoms with Crippen molar-refractivity contribution in [2.75, 3.05) is 13.7 Å².